The smallest absolute Gasteiger partial charge is 0.303 e. The van der Waals surface area contributed by atoms with Crippen molar-refractivity contribution in [2.24, 2.45) is 5.14 Å². The Morgan fingerprint density at radius 1 is 1.40 bits per heavy atom. The first-order chi connectivity index (χ1) is 9.38. The third-order valence-corrected chi connectivity index (χ3v) is 4.33. The van der Waals surface area contributed by atoms with Gasteiger partial charge in [0.25, 0.3) is 0 Å². The predicted octanol–water partition coefficient (Wildman–Crippen LogP) is 0.951. The monoisotopic (exact) mass is 298 g/mol. The summed E-state index contributed by atoms with van der Waals surface area (Å²) in [5.41, 5.74) is 1.94. The van der Waals surface area contributed by atoms with Crippen LogP contribution in [0, 0.1) is 0 Å². The van der Waals surface area contributed by atoms with Crippen LogP contribution in [0.2, 0.25) is 0 Å². The van der Waals surface area contributed by atoms with Gasteiger partial charge in [0.05, 0.1) is 4.90 Å². The number of nitrogens with zero attached hydrogens (tertiary/aromatic N) is 1. The van der Waals surface area contributed by atoms with Crippen molar-refractivity contribution < 1.29 is 18.3 Å². The summed E-state index contributed by atoms with van der Waals surface area (Å²) in [5, 5.41) is 13.8. The molecule has 1 aliphatic heterocycles. The van der Waals surface area contributed by atoms with Crippen LogP contribution in [-0.4, -0.2) is 32.6 Å². The highest BCUT2D eigenvalue weighted by Gasteiger charge is 2.19. The number of carbonyl (C=O) groups is 1. The Hall–Kier alpha value is -1.60. The van der Waals surface area contributed by atoms with Gasteiger partial charge in [0.15, 0.2) is 0 Å². The summed E-state index contributed by atoms with van der Waals surface area (Å²) in [6.07, 6.45) is 2.53. The highest BCUT2D eigenvalue weighted by Crippen LogP contribution is 2.29. The molecule has 0 amide bonds. The topological polar surface area (TPSA) is 101 Å². The lowest BCUT2D eigenvalue weighted by Gasteiger charge is -2.31. The van der Waals surface area contributed by atoms with Crippen LogP contribution in [0.5, 0.6) is 0 Å². The molecule has 0 radical (unpaired) electrons. The second kappa shape index (κ2) is 5.80. The van der Waals surface area contributed by atoms with Crippen LogP contribution in [0.4, 0.5) is 5.69 Å². The molecule has 1 aromatic rings. The summed E-state index contributed by atoms with van der Waals surface area (Å²) < 4.78 is 22.8. The number of fused-ring (bicyclic) bond motifs is 1. The van der Waals surface area contributed by atoms with E-state index in [-0.39, 0.29) is 11.3 Å². The van der Waals surface area contributed by atoms with Crippen LogP contribution >= 0.6 is 0 Å². The minimum absolute atomic E-state index is 0.0985. The number of aliphatic carboxylic acids is 1. The molecule has 6 nitrogen and oxygen atoms in total. The number of hydrogen-bond acceptors (Lipinski definition) is 4. The summed E-state index contributed by atoms with van der Waals surface area (Å²) in [4.78, 5) is 12.7. The molecule has 0 aliphatic carbocycles. The Labute approximate surface area is 118 Å². The SMILES string of the molecule is NS(=O)(=O)c1ccc2c(c1)N(CCCC(=O)O)CCC2. The van der Waals surface area contributed by atoms with Crippen LogP contribution in [0.25, 0.3) is 0 Å². The van der Waals surface area contributed by atoms with E-state index in [9.17, 15) is 13.2 Å². The molecular formula is C13H18N2O4S. The average molecular weight is 298 g/mol. The third kappa shape index (κ3) is 3.49. The molecule has 0 spiro atoms. The molecule has 0 aromatic heterocycles. The fourth-order valence-corrected chi connectivity index (χ4v) is 2.99. The largest absolute Gasteiger partial charge is 0.481 e. The molecule has 20 heavy (non-hydrogen) atoms. The van der Waals surface area contributed by atoms with Crippen molar-refractivity contribution in [2.45, 2.75) is 30.6 Å². The number of hydrogen-bond donors (Lipinski definition) is 2. The van der Waals surface area contributed by atoms with Gasteiger partial charge in [-0.05, 0) is 37.0 Å². The highest BCUT2D eigenvalue weighted by molar-refractivity contribution is 7.89. The van der Waals surface area contributed by atoms with E-state index in [2.05, 4.69) is 0 Å². The van der Waals surface area contributed by atoms with E-state index in [4.69, 9.17) is 10.2 Å². The number of aryl methyl sites for hydroxylation is 1. The first-order valence-corrected chi connectivity index (χ1v) is 8.05. The lowest BCUT2D eigenvalue weighted by molar-refractivity contribution is -0.137. The Kier molecular flexibility index (Phi) is 4.29. The maximum absolute atomic E-state index is 11.4. The molecule has 0 saturated carbocycles. The number of carboxylic acid groups (broad SMARTS) is 1. The number of rotatable bonds is 5. The molecule has 1 heterocycles. The van der Waals surface area contributed by atoms with Crippen LogP contribution < -0.4 is 10.0 Å². The number of anilines is 1. The maximum Gasteiger partial charge on any atom is 0.303 e. The molecule has 3 N–H and O–H groups in total. The lowest BCUT2D eigenvalue weighted by atomic mass is 10.0. The Morgan fingerprint density at radius 2 is 2.15 bits per heavy atom. The van der Waals surface area contributed by atoms with E-state index in [0.717, 1.165) is 30.6 Å². The minimum atomic E-state index is -3.71. The summed E-state index contributed by atoms with van der Waals surface area (Å²) in [7, 11) is -3.71. The Balaban J connectivity index is 2.22. The van der Waals surface area contributed by atoms with E-state index in [1.165, 1.54) is 6.07 Å². The first kappa shape index (κ1) is 14.8. The van der Waals surface area contributed by atoms with Crippen molar-refractivity contribution in [3.63, 3.8) is 0 Å². The van der Waals surface area contributed by atoms with Gasteiger partial charge in [-0.15, -0.1) is 0 Å². The number of nitrogens with two attached hydrogens (primary N) is 1. The molecule has 0 fully saturated rings. The van der Waals surface area contributed by atoms with Gasteiger partial charge in [-0.1, -0.05) is 6.07 Å². The van der Waals surface area contributed by atoms with Crippen molar-refractivity contribution >= 4 is 21.7 Å². The molecular weight excluding hydrogens is 280 g/mol. The van der Waals surface area contributed by atoms with Crippen LogP contribution in [0.3, 0.4) is 0 Å². The molecule has 0 atom stereocenters. The van der Waals surface area contributed by atoms with Gasteiger partial charge in [0, 0.05) is 25.2 Å². The molecule has 110 valence electrons. The van der Waals surface area contributed by atoms with Gasteiger partial charge in [-0.3, -0.25) is 4.79 Å². The van der Waals surface area contributed by atoms with Crippen LogP contribution in [0.15, 0.2) is 23.1 Å². The zero-order valence-electron chi connectivity index (χ0n) is 11.1. The fourth-order valence-electron chi connectivity index (χ4n) is 2.46. The van der Waals surface area contributed by atoms with Crippen molar-refractivity contribution in [2.75, 3.05) is 18.0 Å². The Morgan fingerprint density at radius 3 is 2.80 bits per heavy atom. The normalized spacial score (nSPS) is 14.9. The number of carboxylic acids is 1. The number of benzene rings is 1. The van der Waals surface area contributed by atoms with Crippen molar-refractivity contribution in [1.29, 1.82) is 0 Å². The van der Waals surface area contributed by atoms with Crippen molar-refractivity contribution in [1.82, 2.24) is 0 Å². The predicted molar refractivity (Wildman–Crippen MR) is 75.2 cm³/mol. The summed E-state index contributed by atoms with van der Waals surface area (Å²) in [6, 6.07) is 4.90. The highest BCUT2D eigenvalue weighted by atomic mass is 32.2. The van der Waals surface area contributed by atoms with Crippen molar-refractivity contribution in [3.8, 4) is 0 Å². The summed E-state index contributed by atoms with van der Waals surface area (Å²) in [6.45, 7) is 1.41. The summed E-state index contributed by atoms with van der Waals surface area (Å²) >= 11 is 0. The van der Waals surface area contributed by atoms with Gasteiger partial charge in [0.1, 0.15) is 0 Å². The van der Waals surface area contributed by atoms with Gasteiger partial charge in [-0.25, -0.2) is 13.6 Å². The lowest BCUT2D eigenvalue weighted by Crippen LogP contribution is -2.31. The fraction of sp³-hybridized carbons (Fsp3) is 0.462. The quantitative estimate of drug-likeness (QED) is 0.843. The van der Waals surface area contributed by atoms with Gasteiger partial charge >= 0.3 is 5.97 Å². The molecule has 0 unspecified atom stereocenters. The van der Waals surface area contributed by atoms with E-state index < -0.39 is 16.0 Å². The molecule has 1 aliphatic rings. The second-order valence-electron chi connectivity index (χ2n) is 4.92. The molecule has 2 rings (SSSR count). The van der Waals surface area contributed by atoms with E-state index >= 15 is 0 Å². The van der Waals surface area contributed by atoms with Crippen LogP contribution in [-0.2, 0) is 21.2 Å². The minimum Gasteiger partial charge on any atom is -0.481 e. The molecule has 1 aromatic carbocycles. The number of sulfonamides is 1. The summed E-state index contributed by atoms with van der Waals surface area (Å²) in [5.74, 6) is -0.819. The molecule has 0 bridgehead atoms. The van der Waals surface area contributed by atoms with Crippen LogP contribution in [0.1, 0.15) is 24.8 Å². The number of primary sulfonamides is 1. The average Bonchev–Trinajstić information content (AvgIpc) is 2.37. The molecule has 0 saturated heterocycles. The Bertz CT molecular complexity index is 613. The van der Waals surface area contributed by atoms with Gasteiger partial charge in [-0.2, -0.15) is 0 Å². The van der Waals surface area contributed by atoms with E-state index in [1.54, 1.807) is 12.1 Å². The van der Waals surface area contributed by atoms with E-state index in [1.807, 2.05) is 4.90 Å². The zero-order valence-corrected chi connectivity index (χ0v) is 11.9. The second-order valence-corrected chi connectivity index (χ2v) is 6.48. The van der Waals surface area contributed by atoms with Gasteiger partial charge in [0.2, 0.25) is 10.0 Å². The van der Waals surface area contributed by atoms with Crippen molar-refractivity contribution in [3.05, 3.63) is 23.8 Å². The molecule has 7 heteroatoms. The third-order valence-electron chi connectivity index (χ3n) is 3.42. The maximum atomic E-state index is 11.4. The van der Waals surface area contributed by atoms with Gasteiger partial charge < -0.3 is 10.0 Å². The van der Waals surface area contributed by atoms with E-state index in [0.29, 0.717) is 13.0 Å². The zero-order chi connectivity index (χ0) is 14.8. The first-order valence-electron chi connectivity index (χ1n) is 6.50. The standard InChI is InChI=1S/C13H18N2O4S/c14-20(18,19)11-6-5-10-3-1-7-15(12(10)9-11)8-2-4-13(16)17/h5-6,9H,1-4,7-8H2,(H,16,17)(H2,14,18,19).